The molecule has 0 heterocycles. The number of alkyl carbamates (subject to hydrolysis) is 1. The number of benzene rings is 2. The Morgan fingerprint density at radius 2 is 1.52 bits per heavy atom. The molecule has 1 aliphatic carbocycles. The number of hydrogen-bond acceptors (Lipinski definition) is 5. The summed E-state index contributed by atoms with van der Waals surface area (Å²) in [6.45, 7) is 0.628. The molecule has 4 N–H and O–H groups in total. The third-order valence-electron chi connectivity index (χ3n) is 4.93. The van der Waals surface area contributed by atoms with E-state index in [1.165, 1.54) is 6.92 Å². The number of carbonyl (C=O) groups is 4. The molecule has 2 aromatic rings. The molecule has 0 radical (unpaired) electrons. The zero-order valence-electron chi connectivity index (χ0n) is 16.9. The van der Waals surface area contributed by atoms with Crippen LogP contribution in [0.1, 0.15) is 24.0 Å². The van der Waals surface area contributed by atoms with Crippen LogP contribution >= 0.6 is 0 Å². The Balaban J connectivity index is 1.49. The quantitative estimate of drug-likeness (QED) is 0.503. The first-order chi connectivity index (χ1) is 14.9. The zero-order valence-corrected chi connectivity index (χ0v) is 16.9. The smallest absolute Gasteiger partial charge is 0.407 e. The molecule has 3 amide bonds. The first-order valence-electron chi connectivity index (χ1n) is 9.74. The normalized spacial score (nSPS) is 12.8. The Kier molecular flexibility index (Phi) is 6.86. The summed E-state index contributed by atoms with van der Waals surface area (Å²) in [5.41, 5.74) is 4.38. The second-order valence-corrected chi connectivity index (χ2v) is 7.08. The molecule has 9 nitrogen and oxygen atoms in total. The highest BCUT2D eigenvalue weighted by atomic mass is 16.5. The predicted molar refractivity (Wildman–Crippen MR) is 111 cm³/mol. The minimum atomic E-state index is -1.19. The summed E-state index contributed by atoms with van der Waals surface area (Å²) < 4.78 is 5.38. The molecule has 3 rings (SSSR count). The van der Waals surface area contributed by atoms with E-state index in [9.17, 15) is 19.2 Å². The molecule has 0 unspecified atom stereocenters. The van der Waals surface area contributed by atoms with Crippen molar-refractivity contribution < 1.29 is 29.0 Å². The van der Waals surface area contributed by atoms with Gasteiger partial charge in [0.2, 0.25) is 11.8 Å². The number of fused-ring (bicyclic) bond motifs is 3. The third-order valence-corrected chi connectivity index (χ3v) is 4.93. The number of carbonyl (C=O) groups excluding carboxylic acids is 3. The molecule has 0 spiro atoms. The van der Waals surface area contributed by atoms with Gasteiger partial charge in [0.05, 0.1) is 6.54 Å². The highest BCUT2D eigenvalue weighted by Crippen LogP contribution is 2.44. The molecule has 1 aliphatic rings. The summed E-state index contributed by atoms with van der Waals surface area (Å²) >= 11 is 0. The van der Waals surface area contributed by atoms with Crippen molar-refractivity contribution in [3.8, 4) is 11.1 Å². The van der Waals surface area contributed by atoms with Crippen LogP contribution < -0.4 is 16.0 Å². The second kappa shape index (κ2) is 9.75. The second-order valence-electron chi connectivity index (χ2n) is 7.08. The summed E-state index contributed by atoms with van der Waals surface area (Å²) in [4.78, 5) is 46.1. The standard InChI is InChI=1S/C22H23N3O6/c1-13(21(29)24-10-19(26)23-11-20(27)28)25-22(30)31-12-18-16-8-4-2-6-14(16)15-7-3-5-9-17(15)18/h2-9,13,18H,10-12H2,1H3,(H,23,26)(H,24,29)(H,25,30)(H,27,28)/t13-/m0/s1. The largest absolute Gasteiger partial charge is 0.480 e. The number of rotatable bonds is 8. The van der Waals surface area contributed by atoms with Gasteiger partial charge in [-0.1, -0.05) is 48.5 Å². The van der Waals surface area contributed by atoms with Crippen LogP contribution in [0.2, 0.25) is 0 Å². The van der Waals surface area contributed by atoms with Gasteiger partial charge in [0.15, 0.2) is 0 Å². The van der Waals surface area contributed by atoms with E-state index in [-0.39, 0.29) is 12.5 Å². The average Bonchev–Trinajstić information content (AvgIpc) is 3.08. The highest BCUT2D eigenvalue weighted by molar-refractivity contribution is 5.90. The number of nitrogens with one attached hydrogen (secondary N) is 3. The lowest BCUT2D eigenvalue weighted by molar-refractivity contribution is -0.137. The topological polar surface area (TPSA) is 134 Å². The Morgan fingerprint density at radius 3 is 2.10 bits per heavy atom. The fourth-order valence-electron chi connectivity index (χ4n) is 3.44. The zero-order chi connectivity index (χ0) is 22.4. The Bertz CT molecular complexity index is 961. The van der Waals surface area contributed by atoms with E-state index in [1.54, 1.807) is 0 Å². The van der Waals surface area contributed by atoms with Gasteiger partial charge in [0.25, 0.3) is 0 Å². The van der Waals surface area contributed by atoms with Gasteiger partial charge >= 0.3 is 12.1 Å². The van der Waals surface area contributed by atoms with Crippen molar-refractivity contribution in [3.63, 3.8) is 0 Å². The maximum absolute atomic E-state index is 12.2. The Hall–Kier alpha value is -3.88. The van der Waals surface area contributed by atoms with Gasteiger partial charge in [0.1, 0.15) is 19.2 Å². The molecular weight excluding hydrogens is 402 g/mol. The van der Waals surface area contributed by atoms with Crippen LogP contribution in [0.5, 0.6) is 0 Å². The van der Waals surface area contributed by atoms with Gasteiger partial charge in [-0.05, 0) is 29.2 Å². The minimum absolute atomic E-state index is 0.0970. The van der Waals surface area contributed by atoms with Crippen LogP contribution in [0.3, 0.4) is 0 Å². The molecule has 0 fully saturated rings. The van der Waals surface area contributed by atoms with E-state index in [4.69, 9.17) is 9.84 Å². The van der Waals surface area contributed by atoms with Crippen LogP contribution in [0.15, 0.2) is 48.5 Å². The summed E-state index contributed by atoms with van der Waals surface area (Å²) in [6, 6.07) is 15.0. The number of amides is 3. The molecule has 31 heavy (non-hydrogen) atoms. The van der Waals surface area contributed by atoms with E-state index in [1.807, 2.05) is 48.5 Å². The SMILES string of the molecule is C[C@H](NC(=O)OCC1c2ccccc2-c2ccccc21)C(=O)NCC(=O)NCC(=O)O. The number of hydrogen-bond donors (Lipinski definition) is 4. The van der Waals surface area contributed by atoms with Crippen molar-refractivity contribution in [2.75, 3.05) is 19.7 Å². The number of carboxylic acid groups (broad SMARTS) is 1. The molecule has 0 aromatic heterocycles. The van der Waals surface area contributed by atoms with Gasteiger partial charge in [-0.15, -0.1) is 0 Å². The lowest BCUT2D eigenvalue weighted by Crippen LogP contribution is -2.48. The van der Waals surface area contributed by atoms with Gasteiger partial charge < -0.3 is 25.8 Å². The van der Waals surface area contributed by atoms with E-state index in [2.05, 4.69) is 16.0 Å². The summed E-state index contributed by atoms with van der Waals surface area (Å²) in [5.74, 6) is -2.53. The Labute approximate surface area is 178 Å². The van der Waals surface area contributed by atoms with E-state index >= 15 is 0 Å². The summed E-state index contributed by atoms with van der Waals surface area (Å²) in [5, 5.41) is 15.4. The van der Waals surface area contributed by atoms with Crippen molar-refractivity contribution >= 4 is 23.9 Å². The third kappa shape index (κ3) is 5.39. The molecule has 2 aromatic carbocycles. The van der Waals surface area contributed by atoms with Crippen LogP contribution in [0, 0.1) is 0 Å². The first kappa shape index (κ1) is 21.8. The summed E-state index contributed by atoms with van der Waals surface area (Å²) in [7, 11) is 0. The number of carboxylic acids is 1. The van der Waals surface area contributed by atoms with Crippen LogP contribution in [-0.4, -0.2) is 54.7 Å². The fraction of sp³-hybridized carbons (Fsp3) is 0.273. The molecule has 1 atom stereocenters. The van der Waals surface area contributed by atoms with Crippen LogP contribution in [0.25, 0.3) is 11.1 Å². The number of ether oxygens (including phenoxy) is 1. The van der Waals surface area contributed by atoms with Gasteiger partial charge in [0, 0.05) is 5.92 Å². The molecular formula is C22H23N3O6. The van der Waals surface area contributed by atoms with Crippen molar-refractivity contribution in [1.82, 2.24) is 16.0 Å². The number of aliphatic carboxylic acids is 1. The predicted octanol–water partition coefficient (Wildman–Crippen LogP) is 1.23. The molecule has 0 saturated heterocycles. The molecule has 9 heteroatoms. The van der Waals surface area contributed by atoms with E-state index in [0.29, 0.717) is 0 Å². The van der Waals surface area contributed by atoms with Gasteiger partial charge in [-0.2, -0.15) is 0 Å². The van der Waals surface area contributed by atoms with Crippen molar-refractivity contribution in [3.05, 3.63) is 59.7 Å². The lowest BCUT2D eigenvalue weighted by Gasteiger charge is -2.17. The van der Waals surface area contributed by atoms with E-state index in [0.717, 1.165) is 22.3 Å². The van der Waals surface area contributed by atoms with Gasteiger partial charge in [-0.25, -0.2) is 4.79 Å². The first-order valence-corrected chi connectivity index (χ1v) is 9.74. The average molecular weight is 425 g/mol. The minimum Gasteiger partial charge on any atom is -0.480 e. The summed E-state index contributed by atoms with van der Waals surface area (Å²) in [6.07, 6.45) is -0.750. The molecule has 0 aliphatic heterocycles. The van der Waals surface area contributed by atoms with Crippen molar-refractivity contribution in [2.45, 2.75) is 18.9 Å². The van der Waals surface area contributed by atoms with E-state index < -0.39 is 43.0 Å². The van der Waals surface area contributed by atoms with Crippen molar-refractivity contribution in [1.29, 1.82) is 0 Å². The maximum atomic E-state index is 12.2. The monoisotopic (exact) mass is 425 g/mol. The maximum Gasteiger partial charge on any atom is 0.407 e. The van der Waals surface area contributed by atoms with Crippen LogP contribution in [0.4, 0.5) is 4.79 Å². The molecule has 162 valence electrons. The highest BCUT2D eigenvalue weighted by Gasteiger charge is 2.29. The van der Waals surface area contributed by atoms with Crippen molar-refractivity contribution in [2.24, 2.45) is 0 Å². The van der Waals surface area contributed by atoms with Gasteiger partial charge in [-0.3, -0.25) is 14.4 Å². The fourth-order valence-corrected chi connectivity index (χ4v) is 3.44. The molecule has 0 saturated carbocycles. The van der Waals surface area contributed by atoms with Crippen LogP contribution in [-0.2, 0) is 19.1 Å². The molecule has 0 bridgehead atoms. The lowest BCUT2D eigenvalue weighted by atomic mass is 9.98. The Morgan fingerprint density at radius 1 is 0.935 bits per heavy atom.